The summed E-state index contributed by atoms with van der Waals surface area (Å²) in [5.74, 6) is 1.25. The lowest BCUT2D eigenvalue weighted by molar-refractivity contribution is -0.116. The van der Waals surface area contributed by atoms with Crippen LogP contribution in [0.1, 0.15) is 12.0 Å². The van der Waals surface area contributed by atoms with E-state index >= 15 is 0 Å². The van der Waals surface area contributed by atoms with Crippen molar-refractivity contribution < 1.29 is 19.0 Å². The molecule has 0 bridgehead atoms. The Morgan fingerprint density at radius 2 is 1.75 bits per heavy atom. The minimum absolute atomic E-state index is 0.133. The summed E-state index contributed by atoms with van der Waals surface area (Å²) in [6.07, 6.45) is 0.133. The number of nitrogens with zero attached hydrogens (tertiary/aromatic N) is 1. The molecule has 0 saturated heterocycles. The first-order valence-corrected chi connectivity index (χ1v) is 11.0. The molecule has 0 aliphatic heterocycles. The zero-order chi connectivity index (χ0) is 23.3. The summed E-state index contributed by atoms with van der Waals surface area (Å²) < 4.78 is 17.9. The van der Waals surface area contributed by atoms with Gasteiger partial charge in [-0.25, -0.2) is 0 Å². The van der Waals surface area contributed by atoms with E-state index in [1.54, 1.807) is 12.1 Å². The maximum absolute atomic E-state index is 12.8. The molecule has 0 saturated carbocycles. The lowest BCUT2D eigenvalue weighted by Crippen LogP contribution is -2.22. The van der Waals surface area contributed by atoms with Crippen molar-refractivity contribution in [2.75, 3.05) is 26.6 Å². The van der Waals surface area contributed by atoms with Gasteiger partial charge in [-0.15, -0.1) is 11.3 Å². The molecule has 0 aliphatic carbocycles. The summed E-state index contributed by atoms with van der Waals surface area (Å²) in [5, 5.41) is 2.84. The highest BCUT2D eigenvalue weighted by Gasteiger charge is 2.16. The minimum Gasteiger partial charge on any atom is -0.493 e. The number of carbonyl (C=O) groups is 1. The molecule has 1 N–H and O–H groups in total. The molecule has 0 fully saturated rings. The summed E-state index contributed by atoms with van der Waals surface area (Å²) in [5.41, 5.74) is 2.22. The maximum atomic E-state index is 12.8. The molecule has 1 aromatic heterocycles. The Kier molecular flexibility index (Phi) is 7.66. The van der Waals surface area contributed by atoms with Crippen LogP contribution in [0.15, 0.2) is 47.3 Å². The number of aryl methyl sites for hydroxylation is 1. The van der Waals surface area contributed by atoms with Gasteiger partial charge in [0.1, 0.15) is 0 Å². The van der Waals surface area contributed by atoms with Gasteiger partial charge in [0.05, 0.1) is 21.3 Å². The molecule has 3 aromatic rings. The van der Waals surface area contributed by atoms with E-state index in [1.165, 1.54) is 43.3 Å². The highest BCUT2D eigenvalue weighted by Crippen LogP contribution is 2.41. The van der Waals surface area contributed by atoms with Gasteiger partial charge in [-0.1, -0.05) is 12.1 Å². The monoisotopic (exact) mass is 472 g/mol. The topological polar surface area (TPSA) is 78.8 Å². The molecule has 1 amide bonds. The van der Waals surface area contributed by atoms with E-state index in [1.807, 2.05) is 31.2 Å². The van der Waals surface area contributed by atoms with Gasteiger partial charge in [-0.05, 0) is 54.5 Å². The Morgan fingerprint density at radius 3 is 2.31 bits per heavy atom. The first kappa shape index (κ1) is 23.5. The van der Waals surface area contributed by atoms with Gasteiger partial charge in [0, 0.05) is 29.6 Å². The summed E-state index contributed by atoms with van der Waals surface area (Å²) in [7, 11) is 4.59. The first-order chi connectivity index (χ1) is 15.4. The van der Waals surface area contributed by atoms with E-state index in [0.29, 0.717) is 26.1 Å². The Hall–Kier alpha value is -3.17. The number of methoxy groups -OCH3 is 3. The second kappa shape index (κ2) is 10.4. The lowest BCUT2D eigenvalue weighted by atomic mass is 10.1. The maximum Gasteiger partial charge on any atom is 0.253 e. The Balaban J connectivity index is 1.82. The Morgan fingerprint density at radius 1 is 1.06 bits per heavy atom. The van der Waals surface area contributed by atoms with Gasteiger partial charge < -0.3 is 19.5 Å². The third kappa shape index (κ3) is 5.35. The number of hydrogen-bond acceptors (Lipinski definition) is 7. The number of nitrogens with one attached hydrogen (secondary N) is 1. The third-order valence-corrected chi connectivity index (χ3v) is 6.19. The standard InChI is InChI=1S/C23H24N2O5S2/c1-14-6-5-7-16(10-14)24-20(26)8-9-25-21(27)13-19(32-23(25)31)15-11-17(28-2)22(30-4)18(12-15)29-3/h5-7,10-13H,8-9H2,1-4H3,(H,24,26). The molecular formula is C23H24N2O5S2. The predicted octanol–water partition coefficient (Wildman–Crippen LogP) is 4.67. The van der Waals surface area contributed by atoms with Crippen molar-refractivity contribution in [3.8, 4) is 27.7 Å². The molecule has 7 nitrogen and oxygen atoms in total. The van der Waals surface area contributed by atoms with Crippen LogP contribution in [0.4, 0.5) is 5.69 Å². The summed E-state index contributed by atoms with van der Waals surface area (Å²) in [6, 6.07) is 12.6. The van der Waals surface area contributed by atoms with Crippen LogP contribution in [-0.2, 0) is 11.3 Å². The smallest absolute Gasteiger partial charge is 0.253 e. The molecule has 168 valence electrons. The van der Waals surface area contributed by atoms with E-state index < -0.39 is 0 Å². The molecule has 1 heterocycles. The average Bonchev–Trinajstić information content (AvgIpc) is 2.77. The van der Waals surface area contributed by atoms with Crippen LogP contribution in [0.2, 0.25) is 0 Å². The average molecular weight is 473 g/mol. The SMILES string of the molecule is COc1cc(-c2cc(=O)n(CCC(=O)Nc3cccc(C)c3)c(=S)s2)cc(OC)c1OC. The Bertz CT molecular complexity index is 1190. The molecule has 3 rings (SSSR count). The molecular weight excluding hydrogens is 448 g/mol. The molecule has 0 radical (unpaired) electrons. The molecule has 0 atom stereocenters. The van der Waals surface area contributed by atoms with Crippen molar-refractivity contribution in [3.63, 3.8) is 0 Å². The molecule has 2 aromatic carbocycles. The lowest BCUT2D eigenvalue weighted by Gasteiger charge is -2.14. The van der Waals surface area contributed by atoms with Crippen molar-refractivity contribution >= 4 is 35.1 Å². The van der Waals surface area contributed by atoms with Crippen LogP contribution >= 0.6 is 23.6 Å². The molecule has 32 heavy (non-hydrogen) atoms. The summed E-state index contributed by atoms with van der Waals surface area (Å²) in [4.78, 5) is 25.7. The zero-order valence-electron chi connectivity index (χ0n) is 18.3. The number of benzene rings is 2. The molecule has 0 unspecified atom stereocenters. The van der Waals surface area contributed by atoms with Crippen LogP contribution < -0.4 is 25.1 Å². The van der Waals surface area contributed by atoms with Gasteiger partial charge in [0.25, 0.3) is 5.56 Å². The fourth-order valence-electron chi connectivity index (χ4n) is 3.19. The van der Waals surface area contributed by atoms with Crippen molar-refractivity contribution in [2.45, 2.75) is 19.9 Å². The molecule has 9 heteroatoms. The van der Waals surface area contributed by atoms with Crippen LogP contribution in [0.3, 0.4) is 0 Å². The Labute approximate surface area is 195 Å². The van der Waals surface area contributed by atoms with Gasteiger partial charge in [0.2, 0.25) is 11.7 Å². The highest BCUT2D eigenvalue weighted by atomic mass is 32.1. The number of amides is 1. The van der Waals surface area contributed by atoms with Crippen molar-refractivity contribution in [2.24, 2.45) is 0 Å². The van der Waals surface area contributed by atoms with Crippen molar-refractivity contribution in [3.05, 3.63) is 62.3 Å². The number of anilines is 1. The second-order valence-corrected chi connectivity index (χ2v) is 8.62. The number of carbonyl (C=O) groups excluding carboxylic acids is 1. The molecule has 0 aliphatic rings. The number of ether oxygens (including phenoxy) is 3. The number of aromatic nitrogens is 1. The van der Waals surface area contributed by atoms with Gasteiger partial charge >= 0.3 is 0 Å². The van der Waals surface area contributed by atoms with E-state index in [-0.39, 0.29) is 24.4 Å². The van der Waals surface area contributed by atoms with Crippen LogP contribution in [0.25, 0.3) is 10.4 Å². The van der Waals surface area contributed by atoms with Gasteiger partial charge in [-0.2, -0.15) is 0 Å². The van der Waals surface area contributed by atoms with Gasteiger partial charge in [-0.3, -0.25) is 14.2 Å². The minimum atomic E-state index is -0.277. The summed E-state index contributed by atoms with van der Waals surface area (Å²) in [6.45, 7) is 2.15. The second-order valence-electron chi connectivity index (χ2n) is 6.95. The normalized spacial score (nSPS) is 10.5. The summed E-state index contributed by atoms with van der Waals surface area (Å²) >= 11 is 6.73. The zero-order valence-corrected chi connectivity index (χ0v) is 19.9. The largest absolute Gasteiger partial charge is 0.493 e. The fourth-order valence-corrected chi connectivity index (χ4v) is 4.51. The van der Waals surface area contributed by atoms with E-state index in [4.69, 9.17) is 26.4 Å². The van der Waals surface area contributed by atoms with E-state index in [9.17, 15) is 9.59 Å². The first-order valence-electron chi connectivity index (χ1n) is 9.78. The van der Waals surface area contributed by atoms with Crippen molar-refractivity contribution in [1.29, 1.82) is 0 Å². The number of rotatable bonds is 8. The van der Waals surface area contributed by atoms with Crippen molar-refractivity contribution in [1.82, 2.24) is 4.57 Å². The van der Waals surface area contributed by atoms with E-state index in [0.717, 1.165) is 16.8 Å². The fraction of sp³-hybridized carbons (Fsp3) is 0.261. The quantitative estimate of drug-likeness (QED) is 0.480. The van der Waals surface area contributed by atoms with Crippen LogP contribution in [0.5, 0.6) is 17.2 Å². The van der Waals surface area contributed by atoms with E-state index in [2.05, 4.69) is 5.32 Å². The van der Waals surface area contributed by atoms with Crippen LogP contribution in [-0.4, -0.2) is 31.8 Å². The third-order valence-electron chi connectivity index (χ3n) is 4.75. The predicted molar refractivity (Wildman–Crippen MR) is 129 cm³/mol. The van der Waals surface area contributed by atoms with Crippen LogP contribution in [0, 0.1) is 10.9 Å². The number of hydrogen-bond donors (Lipinski definition) is 1. The highest BCUT2D eigenvalue weighted by molar-refractivity contribution is 7.73. The van der Waals surface area contributed by atoms with Gasteiger partial charge in [0.15, 0.2) is 15.5 Å². The molecule has 0 spiro atoms.